The molecule has 108 valence electrons. The van der Waals surface area contributed by atoms with Gasteiger partial charge in [-0.3, -0.25) is 10.2 Å². The maximum atomic E-state index is 11.4. The van der Waals surface area contributed by atoms with Crippen molar-refractivity contribution in [1.82, 2.24) is 10.9 Å². The number of carbonyl (C=O) groups excluding carboxylic acids is 1. The maximum absolute atomic E-state index is 11.4. The minimum Gasteiger partial charge on any atom is -0.457 e. The molecule has 0 radical (unpaired) electrons. The van der Waals surface area contributed by atoms with Crippen LogP contribution in [0.2, 0.25) is 0 Å². The minimum absolute atomic E-state index is 0.00712. The van der Waals surface area contributed by atoms with Crippen LogP contribution in [0, 0.1) is 0 Å². The molecule has 1 aliphatic heterocycles. The Morgan fingerprint density at radius 1 is 1.05 bits per heavy atom. The summed E-state index contributed by atoms with van der Waals surface area (Å²) in [6, 6.07) is 15.4. The summed E-state index contributed by atoms with van der Waals surface area (Å²) in [5.41, 5.74) is 6.35. The second kappa shape index (κ2) is 5.50. The van der Waals surface area contributed by atoms with Gasteiger partial charge in [0.1, 0.15) is 11.5 Å². The summed E-state index contributed by atoms with van der Waals surface area (Å²) in [6.07, 6.45) is 0.430. The van der Waals surface area contributed by atoms with Crippen molar-refractivity contribution >= 4 is 21.8 Å². The molecule has 5 heteroatoms. The summed E-state index contributed by atoms with van der Waals surface area (Å²) in [5, 5.41) is 0. The molecule has 1 unspecified atom stereocenters. The molecule has 1 amide bonds. The fourth-order valence-electron chi connectivity index (χ4n) is 2.32. The molecule has 21 heavy (non-hydrogen) atoms. The van der Waals surface area contributed by atoms with E-state index in [1.54, 1.807) is 0 Å². The number of hydrogen-bond acceptors (Lipinski definition) is 3. The molecule has 1 saturated heterocycles. The lowest BCUT2D eigenvalue weighted by Gasteiger charge is -2.22. The summed E-state index contributed by atoms with van der Waals surface area (Å²) >= 11 is 3.39. The van der Waals surface area contributed by atoms with Gasteiger partial charge in [-0.2, -0.15) is 0 Å². The average molecular weight is 347 g/mol. The lowest BCUT2D eigenvalue weighted by molar-refractivity contribution is -0.119. The van der Waals surface area contributed by atoms with Crippen molar-refractivity contribution < 1.29 is 9.53 Å². The second-order valence-electron chi connectivity index (χ2n) is 5.26. The molecule has 0 spiro atoms. The molecule has 1 atom stereocenters. The van der Waals surface area contributed by atoms with Crippen LogP contribution in [0.25, 0.3) is 0 Å². The van der Waals surface area contributed by atoms with E-state index >= 15 is 0 Å². The third kappa shape index (κ3) is 3.09. The zero-order valence-corrected chi connectivity index (χ0v) is 13.1. The van der Waals surface area contributed by atoms with Crippen LogP contribution < -0.4 is 15.6 Å². The molecular formula is C16H15BrN2O2. The van der Waals surface area contributed by atoms with Crippen molar-refractivity contribution in [3.8, 4) is 11.5 Å². The fourth-order valence-corrected chi connectivity index (χ4v) is 2.59. The number of hydrogen-bond donors (Lipinski definition) is 2. The van der Waals surface area contributed by atoms with E-state index in [2.05, 4.69) is 26.8 Å². The molecule has 1 fully saturated rings. The lowest BCUT2D eigenvalue weighted by atomic mass is 9.90. The van der Waals surface area contributed by atoms with Gasteiger partial charge in [0.25, 0.3) is 0 Å². The van der Waals surface area contributed by atoms with Crippen molar-refractivity contribution in [2.75, 3.05) is 0 Å². The zero-order chi connectivity index (χ0) is 14.9. The molecule has 2 aromatic rings. The van der Waals surface area contributed by atoms with E-state index in [-0.39, 0.29) is 11.4 Å². The topological polar surface area (TPSA) is 50.4 Å². The number of halogens is 1. The first kappa shape index (κ1) is 14.1. The van der Waals surface area contributed by atoms with E-state index in [0.717, 1.165) is 21.5 Å². The molecule has 0 saturated carbocycles. The molecule has 0 bridgehead atoms. The van der Waals surface area contributed by atoms with Crippen LogP contribution in [0.4, 0.5) is 0 Å². The lowest BCUT2D eigenvalue weighted by Crippen LogP contribution is -2.38. The minimum atomic E-state index is -0.368. The molecule has 2 aromatic carbocycles. The van der Waals surface area contributed by atoms with Gasteiger partial charge in [-0.1, -0.05) is 28.1 Å². The SMILES string of the molecule is CC1(c2ccc(Oc3ccc(Br)cc3)cc2)CC(=O)NN1. The van der Waals surface area contributed by atoms with E-state index < -0.39 is 0 Å². The number of nitrogens with one attached hydrogen (secondary N) is 2. The van der Waals surface area contributed by atoms with Crippen molar-refractivity contribution in [2.45, 2.75) is 18.9 Å². The Hall–Kier alpha value is -1.85. The van der Waals surface area contributed by atoms with Crippen LogP contribution >= 0.6 is 15.9 Å². The summed E-state index contributed by atoms with van der Waals surface area (Å²) in [7, 11) is 0. The van der Waals surface area contributed by atoms with Crippen LogP contribution in [-0.2, 0) is 10.3 Å². The van der Waals surface area contributed by atoms with Gasteiger partial charge in [0.15, 0.2) is 0 Å². The Labute approximate surface area is 131 Å². The molecular weight excluding hydrogens is 332 g/mol. The Balaban J connectivity index is 1.75. The van der Waals surface area contributed by atoms with Crippen LogP contribution in [0.3, 0.4) is 0 Å². The van der Waals surface area contributed by atoms with E-state index in [1.807, 2.05) is 55.5 Å². The van der Waals surface area contributed by atoms with E-state index in [9.17, 15) is 4.79 Å². The van der Waals surface area contributed by atoms with Gasteiger partial charge in [-0.15, -0.1) is 0 Å². The quantitative estimate of drug-likeness (QED) is 0.894. The van der Waals surface area contributed by atoms with Gasteiger partial charge >= 0.3 is 0 Å². The molecule has 0 aliphatic carbocycles. The average Bonchev–Trinajstić information content (AvgIpc) is 2.83. The molecule has 4 nitrogen and oxygen atoms in total. The highest BCUT2D eigenvalue weighted by atomic mass is 79.9. The first-order chi connectivity index (χ1) is 10.0. The van der Waals surface area contributed by atoms with Gasteiger partial charge in [0.05, 0.1) is 12.0 Å². The first-order valence-electron chi connectivity index (χ1n) is 6.65. The molecule has 1 heterocycles. The first-order valence-corrected chi connectivity index (χ1v) is 7.44. The normalized spacial score (nSPS) is 21.1. The van der Waals surface area contributed by atoms with Gasteiger partial charge in [0, 0.05) is 4.47 Å². The monoisotopic (exact) mass is 346 g/mol. The number of benzene rings is 2. The third-order valence-electron chi connectivity index (χ3n) is 3.53. The molecule has 2 N–H and O–H groups in total. The smallest absolute Gasteiger partial charge is 0.236 e. The fraction of sp³-hybridized carbons (Fsp3) is 0.188. The van der Waals surface area contributed by atoms with Crippen LogP contribution in [0.1, 0.15) is 18.9 Å². The van der Waals surface area contributed by atoms with E-state index in [1.165, 1.54) is 0 Å². The van der Waals surface area contributed by atoms with Crippen molar-refractivity contribution in [3.05, 3.63) is 58.6 Å². The van der Waals surface area contributed by atoms with Crippen molar-refractivity contribution in [2.24, 2.45) is 0 Å². The Kier molecular flexibility index (Phi) is 3.69. The molecule has 0 aromatic heterocycles. The summed E-state index contributed by atoms with van der Waals surface area (Å²) < 4.78 is 6.80. The Bertz CT molecular complexity index is 655. The largest absolute Gasteiger partial charge is 0.457 e. The summed E-state index contributed by atoms with van der Waals surface area (Å²) in [4.78, 5) is 11.4. The Morgan fingerprint density at radius 2 is 1.62 bits per heavy atom. The number of hydrazine groups is 1. The van der Waals surface area contributed by atoms with E-state index in [0.29, 0.717) is 6.42 Å². The number of ether oxygens (including phenoxy) is 1. The van der Waals surface area contributed by atoms with Crippen LogP contribution in [0.15, 0.2) is 53.0 Å². The van der Waals surface area contributed by atoms with Crippen molar-refractivity contribution in [1.29, 1.82) is 0 Å². The zero-order valence-electron chi connectivity index (χ0n) is 11.5. The van der Waals surface area contributed by atoms with Crippen LogP contribution in [0.5, 0.6) is 11.5 Å². The van der Waals surface area contributed by atoms with Crippen molar-refractivity contribution in [3.63, 3.8) is 0 Å². The summed E-state index contributed by atoms with van der Waals surface area (Å²) in [6.45, 7) is 2.00. The predicted molar refractivity (Wildman–Crippen MR) is 83.9 cm³/mol. The van der Waals surface area contributed by atoms with Gasteiger partial charge in [-0.25, -0.2) is 5.43 Å². The molecule has 1 aliphatic rings. The Morgan fingerprint density at radius 3 is 2.14 bits per heavy atom. The highest BCUT2D eigenvalue weighted by Crippen LogP contribution is 2.30. The highest BCUT2D eigenvalue weighted by molar-refractivity contribution is 9.10. The number of carbonyl (C=O) groups is 1. The third-order valence-corrected chi connectivity index (χ3v) is 4.06. The predicted octanol–water partition coefficient (Wildman–Crippen LogP) is 3.48. The maximum Gasteiger partial charge on any atom is 0.236 e. The second-order valence-corrected chi connectivity index (χ2v) is 6.18. The highest BCUT2D eigenvalue weighted by Gasteiger charge is 2.35. The van der Waals surface area contributed by atoms with Gasteiger partial charge in [-0.05, 0) is 48.9 Å². The molecule has 3 rings (SSSR count). The van der Waals surface area contributed by atoms with Crippen LogP contribution in [-0.4, -0.2) is 5.91 Å². The summed E-state index contributed by atoms with van der Waals surface area (Å²) in [5.74, 6) is 1.56. The van der Waals surface area contributed by atoms with Gasteiger partial charge in [0.2, 0.25) is 5.91 Å². The number of rotatable bonds is 3. The standard InChI is InChI=1S/C16H15BrN2O2/c1-16(10-15(20)18-19-16)11-2-6-13(7-3-11)21-14-8-4-12(17)5-9-14/h2-9,19H,10H2,1H3,(H,18,20). The van der Waals surface area contributed by atoms with E-state index in [4.69, 9.17) is 4.74 Å². The van der Waals surface area contributed by atoms with Gasteiger partial charge < -0.3 is 4.74 Å². The number of amides is 1.